The molecule has 7 nitrogen and oxygen atoms in total. The molecule has 2 heterocycles. The lowest BCUT2D eigenvalue weighted by Gasteiger charge is -2.28. The van der Waals surface area contributed by atoms with Gasteiger partial charge in [0.2, 0.25) is 0 Å². The molecule has 0 aromatic carbocycles. The number of H-pyrrole nitrogens is 1. The summed E-state index contributed by atoms with van der Waals surface area (Å²) in [5, 5.41) is 3.14. The second kappa shape index (κ2) is 5.21. The fourth-order valence-corrected chi connectivity index (χ4v) is 2.06. The first-order valence-electron chi connectivity index (χ1n) is 6.11. The zero-order valence-corrected chi connectivity index (χ0v) is 11.2. The van der Waals surface area contributed by atoms with Gasteiger partial charge in [-0.05, 0) is 13.3 Å². The Balaban J connectivity index is 2.36. The number of methoxy groups -OCH3 is 1. The summed E-state index contributed by atoms with van der Waals surface area (Å²) in [6.07, 6.45) is 4.43. The number of imidazole rings is 1. The highest BCUT2D eigenvalue weighted by Crippen LogP contribution is 2.23. The molecule has 0 amide bonds. The Morgan fingerprint density at radius 3 is 2.95 bits per heavy atom. The molecule has 0 radical (unpaired) electrons. The quantitative estimate of drug-likeness (QED) is 0.794. The van der Waals surface area contributed by atoms with E-state index in [0.717, 1.165) is 6.42 Å². The Kier molecular flexibility index (Phi) is 3.64. The predicted molar refractivity (Wildman–Crippen MR) is 70.6 cm³/mol. The zero-order valence-electron chi connectivity index (χ0n) is 11.2. The van der Waals surface area contributed by atoms with Gasteiger partial charge in [0.1, 0.15) is 17.4 Å². The summed E-state index contributed by atoms with van der Waals surface area (Å²) >= 11 is 0. The highest BCUT2D eigenvalue weighted by atomic mass is 16.5. The van der Waals surface area contributed by atoms with Gasteiger partial charge >= 0.3 is 5.97 Å². The van der Waals surface area contributed by atoms with E-state index < -0.39 is 5.54 Å². The molecule has 0 saturated heterocycles. The number of aromatic amines is 1. The van der Waals surface area contributed by atoms with Crippen LogP contribution in [0, 0.1) is 0 Å². The van der Waals surface area contributed by atoms with Crippen molar-refractivity contribution in [1.29, 1.82) is 0 Å². The Morgan fingerprint density at radius 2 is 2.26 bits per heavy atom. The third-order valence-corrected chi connectivity index (χ3v) is 3.00. The topological polar surface area (TPSA) is 92.8 Å². The van der Waals surface area contributed by atoms with Crippen molar-refractivity contribution in [2.45, 2.75) is 32.2 Å². The average Bonchev–Trinajstić information content (AvgIpc) is 2.87. The molecular weight excluding hydrogens is 246 g/mol. The first kappa shape index (κ1) is 13.3. The van der Waals surface area contributed by atoms with Gasteiger partial charge in [0.15, 0.2) is 11.5 Å². The van der Waals surface area contributed by atoms with Crippen LogP contribution in [-0.2, 0) is 9.53 Å². The van der Waals surface area contributed by atoms with Crippen molar-refractivity contribution in [3.8, 4) is 0 Å². The van der Waals surface area contributed by atoms with Crippen molar-refractivity contribution >= 4 is 23.0 Å². The van der Waals surface area contributed by atoms with E-state index in [9.17, 15) is 4.79 Å². The van der Waals surface area contributed by atoms with E-state index in [-0.39, 0.29) is 5.97 Å². The number of carbonyl (C=O) groups excluding carboxylic acids is 1. The van der Waals surface area contributed by atoms with Crippen molar-refractivity contribution in [2.24, 2.45) is 0 Å². The van der Waals surface area contributed by atoms with E-state index in [1.165, 1.54) is 13.4 Å². The normalized spacial score (nSPS) is 14.1. The van der Waals surface area contributed by atoms with Crippen LogP contribution in [0.1, 0.15) is 26.7 Å². The van der Waals surface area contributed by atoms with Crippen molar-refractivity contribution in [3.63, 3.8) is 0 Å². The van der Waals surface area contributed by atoms with Gasteiger partial charge in [-0.2, -0.15) is 0 Å². The molecule has 1 unspecified atom stereocenters. The number of hydrogen-bond acceptors (Lipinski definition) is 6. The second-order valence-electron chi connectivity index (χ2n) is 4.52. The number of nitrogens with zero attached hydrogens (tertiary/aromatic N) is 3. The van der Waals surface area contributed by atoms with Crippen LogP contribution in [0.3, 0.4) is 0 Å². The molecular formula is C12H17N5O2. The van der Waals surface area contributed by atoms with E-state index in [0.29, 0.717) is 23.4 Å². The number of esters is 1. The highest BCUT2D eigenvalue weighted by molar-refractivity contribution is 5.88. The van der Waals surface area contributed by atoms with Crippen LogP contribution in [-0.4, -0.2) is 38.6 Å². The third-order valence-electron chi connectivity index (χ3n) is 3.00. The number of hydrogen-bond donors (Lipinski definition) is 2. The van der Waals surface area contributed by atoms with E-state index >= 15 is 0 Å². The lowest BCUT2D eigenvalue weighted by molar-refractivity contribution is -0.145. The van der Waals surface area contributed by atoms with Gasteiger partial charge < -0.3 is 15.0 Å². The maximum absolute atomic E-state index is 11.9. The molecule has 2 N–H and O–H groups in total. The molecule has 7 heteroatoms. The first-order valence-corrected chi connectivity index (χ1v) is 6.11. The number of carbonyl (C=O) groups is 1. The first-order chi connectivity index (χ1) is 9.10. The summed E-state index contributed by atoms with van der Waals surface area (Å²) < 4.78 is 4.86. The number of rotatable bonds is 5. The summed E-state index contributed by atoms with van der Waals surface area (Å²) in [6.45, 7) is 3.81. The molecule has 0 aliphatic carbocycles. The van der Waals surface area contributed by atoms with Crippen LogP contribution in [0.5, 0.6) is 0 Å². The number of aromatic nitrogens is 4. The Labute approximate surface area is 110 Å². The molecule has 2 rings (SSSR count). The van der Waals surface area contributed by atoms with Crippen molar-refractivity contribution in [2.75, 3.05) is 12.4 Å². The van der Waals surface area contributed by atoms with Gasteiger partial charge in [-0.3, -0.25) is 0 Å². The van der Waals surface area contributed by atoms with Crippen LogP contribution in [0.4, 0.5) is 5.82 Å². The maximum atomic E-state index is 11.9. The predicted octanol–water partition coefficient (Wildman–Crippen LogP) is 1.50. The van der Waals surface area contributed by atoms with E-state index in [2.05, 4.69) is 25.3 Å². The molecule has 0 aliphatic heterocycles. The summed E-state index contributed by atoms with van der Waals surface area (Å²) in [4.78, 5) is 27.2. The fourth-order valence-electron chi connectivity index (χ4n) is 2.06. The SMILES string of the molecule is CCCC(C)(Nc1ncnc2nc[nH]c12)C(=O)OC. The summed E-state index contributed by atoms with van der Waals surface area (Å²) in [5.41, 5.74) is 0.408. The molecule has 2 aromatic heterocycles. The van der Waals surface area contributed by atoms with Gasteiger partial charge in [0.05, 0.1) is 13.4 Å². The molecule has 102 valence electrons. The van der Waals surface area contributed by atoms with Crippen LogP contribution in [0.2, 0.25) is 0 Å². The lowest BCUT2D eigenvalue weighted by atomic mass is 9.96. The van der Waals surface area contributed by atoms with Gasteiger partial charge in [-0.25, -0.2) is 19.7 Å². The number of anilines is 1. The molecule has 0 aliphatic rings. The van der Waals surface area contributed by atoms with Gasteiger partial charge in [-0.1, -0.05) is 13.3 Å². The van der Waals surface area contributed by atoms with Crippen LogP contribution in [0.15, 0.2) is 12.7 Å². The molecule has 0 fully saturated rings. The largest absolute Gasteiger partial charge is 0.467 e. The van der Waals surface area contributed by atoms with E-state index in [4.69, 9.17) is 4.74 Å². The van der Waals surface area contributed by atoms with E-state index in [1.54, 1.807) is 13.3 Å². The highest BCUT2D eigenvalue weighted by Gasteiger charge is 2.34. The summed E-state index contributed by atoms with van der Waals surface area (Å²) in [6, 6.07) is 0. The van der Waals surface area contributed by atoms with Crippen molar-refractivity contribution in [3.05, 3.63) is 12.7 Å². The molecule has 2 aromatic rings. The van der Waals surface area contributed by atoms with Crippen LogP contribution in [0.25, 0.3) is 11.2 Å². The molecule has 19 heavy (non-hydrogen) atoms. The molecule has 0 saturated carbocycles. The smallest absolute Gasteiger partial charge is 0.331 e. The Hall–Kier alpha value is -2.18. The Bertz CT molecular complexity index is 582. The minimum Gasteiger partial charge on any atom is -0.467 e. The van der Waals surface area contributed by atoms with E-state index in [1.807, 2.05) is 6.92 Å². The van der Waals surface area contributed by atoms with Crippen molar-refractivity contribution < 1.29 is 9.53 Å². The summed E-state index contributed by atoms with van der Waals surface area (Å²) in [7, 11) is 1.38. The summed E-state index contributed by atoms with van der Waals surface area (Å²) in [5.74, 6) is 0.226. The van der Waals surface area contributed by atoms with Gasteiger partial charge in [0.25, 0.3) is 0 Å². The fraction of sp³-hybridized carbons (Fsp3) is 0.500. The van der Waals surface area contributed by atoms with Crippen LogP contribution < -0.4 is 5.32 Å². The second-order valence-corrected chi connectivity index (χ2v) is 4.52. The van der Waals surface area contributed by atoms with Crippen molar-refractivity contribution in [1.82, 2.24) is 19.9 Å². The number of fused-ring (bicyclic) bond motifs is 1. The minimum absolute atomic E-state index is 0.319. The zero-order chi connectivity index (χ0) is 13.9. The maximum Gasteiger partial charge on any atom is 0.331 e. The number of nitrogens with one attached hydrogen (secondary N) is 2. The molecule has 1 atom stereocenters. The molecule has 0 bridgehead atoms. The third kappa shape index (κ3) is 2.49. The van der Waals surface area contributed by atoms with Gasteiger partial charge in [-0.15, -0.1) is 0 Å². The minimum atomic E-state index is -0.824. The average molecular weight is 263 g/mol. The molecule has 0 spiro atoms. The van der Waals surface area contributed by atoms with Gasteiger partial charge in [0, 0.05) is 0 Å². The Morgan fingerprint density at radius 1 is 1.47 bits per heavy atom. The standard InChI is InChI=1S/C12H17N5O2/c1-4-5-12(2,11(18)19-3)17-10-8-9(14-6-13-8)15-7-16-10/h6-7H,4-5H2,1-3H3,(H2,13,14,15,16,17). The van der Waals surface area contributed by atoms with Crippen LogP contribution >= 0.6 is 0 Å². The number of ether oxygens (including phenoxy) is 1. The lowest BCUT2D eigenvalue weighted by Crippen LogP contribution is -2.44. The monoisotopic (exact) mass is 263 g/mol.